The van der Waals surface area contributed by atoms with Crippen LogP contribution in [-0.4, -0.2) is 46.0 Å². The van der Waals surface area contributed by atoms with E-state index >= 15 is 0 Å². The van der Waals surface area contributed by atoms with Crippen molar-refractivity contribution in [2.45, 2.75) is 158 Å². The zero-order chi connectivity index (χ0) is 43.0. The molecule has 0 spiro atoms. The fourth-order valence-electron chi connectivity index (χ4n) is 9.25. The number of para-hydroxylation sites is 4. The van der Waals surface area contributed by atoms with Crippen molar-refractivity contribution in [1.29, 1.82) is 0 Å². The molecule has 59 heavy (non-hydrogen) atoms. The van der Waals surface area contributed by atoms with E-state index in [4.69, 9.17) is 0 Å². The first-order chi connectivity index (χ1) is 28.0. The Hall–Kier alpha value is -2.27. The number of benzene rings is 4. The van der Waals surface area contributed by atoms with Gasteiger partial charge in [-0.2, -0.15) is 0 Å². The van der Waals surface area contributed by atoms with E-state index in [9.17, 15) is 0 Å². The van der Waals surface area contributed by atoms with Crippen LogP contribution in [0.2, 0.25) is 0 Å². The summed E-state index contributed by atoms with van der Waals surface area (Å²) in [4.78, 5) is 0. The van der Waals surface area contributed by atoms with Crippen LogP contribution in [0.3, 0.4) is 0 Å². The molecule has 0 aliphatic carbocycles. The quantitative estimate of drug-likeness (QED) is 0.0922. The van der Waals surface area contributed by atoms with Crippen LogP contribution in [0, 0.1) is 0 Å². The number of rotatable bonds is 14. The first-order valence-electron chi connectivity index (χ1n) is 22.8. The Kier molecular flexibility index (Phi) is 15.2. The Morgan fingerprint density at radius 2 is 0.458 bits per heavy atom. The fraction of sp³-hybridized carbons (Fsp3) is 0.538. The van der Waals surface area contributed by atoms with Crippen LogP contribution in [0.1, 0.15) is 203 Å². The van der Waals surface area contributed by atoms with Crippen molar-refractivity contribution in [1.82, 2.24) is 0 Å². The summed E-state index contributed by atoms with van der Waals surface area (Å²) < 4.78 is 12.1. The molecule has 2 heterocycles. The minimum atomic E-state index is -0.763. The van der Waals surface area contributed by atoms with Gasteiger partial charge in [0.25, 0.3) is 0 Å². The van der Waals surface area contributed by atoms with Gasteiger partial charge < -0.3 is 0 Å². The monoisotopic (exact) mass is 948 g/mol. The van der Waals surface area contributed by atoms with Crippen LogP contribution in [0.4, 0.5) is 22.7 Å². The van der Waals surface area contributed by atoms with Crippen molar-refractivity contribution in [2.24, 2.45) is 0 Å². The third-order valence-electron chi connectivity index (χ3n) is 12.4. The van der Waals surface area contributed by atoms with E-state index in [-0.39, 0.29) is 0 Å². The second-order valence-corrected chi connectivity index (χ2v) is 32.8. The number of hydrogen-bond acceptors (Lipinski definition) is 4. The van der Waals surface area contributed by atoms with E-state index in [2.05, 4.69) is 202 Å². The van der Waals surface area contributed by atoms with E-state index in [1.54, 1.807) is 22.7 Å². The Morgan fingerprint density at radius 1 is 0.305 bits per heavy atom. The van der Waals surface area contributed by atoms with Crippen LogP contribution in [-0.2, 0) is 0 Å². The third kappa shape index (κ3) is 9.27. The molecule has 0 radical (unpaired) electrons. The van der Waals surface area contributed by atoms with Crippen LogP contribution >= 0.6 is 11.8 Å². The molecule has 2 saturated heterocycles. The molecular weight excluding hydrogens is 870 g/mol. The van der Waals surface area contributed by atoms with Gasteiger partial charge in [0.15, 0.2) is 0 Å². The van der Waals surface area contributed by atoms with Gasteiger partial charge in [-0.15, -0.1) is 0 Å². The van der Waals surface area contributed by atoms with Gasteiger partial charge in [-0.1, -0.05) is 0 Å². The van der Waals surface area contributed by atoms with Gasteiger partial charge in [-0.3, -0.25) is 0 Å². The molecule has 4 aromatic rings. The van der Waals surface area contributed by atoms with E-state index in [0.717, 1.165) is 26.2 Å². The SMILES string of the molecule is CC(C)c1cccc(C(C)C)c1N1CCN(c2c(C(C)C)cccc2C(C)C)P1[Te]P1N(c2c(C(C)C)cccc2C(C)C)CCN1c1c(C(C)C)cccc1C(C)C. The van der Waals surface area contributed by atoms with E-state index in [1.165, 1.54) is 44.5 Å². The average molecular weight is 947 g/mol. The normalized spacial score (nSPS) is 15.9. The average Bonchev–Trinajstić information content (AvgIpc) is 3.80. The summed E-state index contributed by atoms with van der Waals surface area (Å²) in [7, 11) is 0. The summed E-state index contributed by atoms with van der Waals surface area (Å²) in [5, 5.41) is 0. The first-order valence-corrected chi connectivity index (χ1v) is 31.4. The Bertz CT molecular complexity index is 1660. The summed E-state index contributed by atoms with van der Waals surface area (Å²) in [6.45, 7) is 42.9. The van der Waals surface area contributed by atoms with Gasteiger partial charge in [0, 0.05) is 0 Å². The topological polar surface area (TPSA) is 13.0 Å². The second-order valence-electron chi connectivity index (χ2n) is 19.5. The van der Waals surface area contributed by atoms with Gasteiger partial charge in [0.05, 0.1) is 0 Å². The summed E-state index contributed by atoms with van der Waals surface area (Å²) >= 11 is -0.763. The molecule has 0 saturated carbocycles. The Morgan fingerprint density at radius 3 is 0.593 bits per heavy atom. The molecule has 4 aromatic carbocycles. The molecule has 2 fully saturated rings. The number of anilines is 4. The fourth-order valence-corrected chi connectivity index (χ4v) is 32.4. The molecule has 2 aliphatic rings. The molecule has 0 bridgehead atoms. The van der Waals surface area contributed by atoms with Crippen molar-refractivity contribution >= 4 is 54.4 Å². The molecule has 4 nitrogen and oxygen atoms in total. The van der Waals surface area contributed by atoms with Crippen LogP contribution in [0.25, 0.3) is 0 Å². The van der Waals surface area contributed by atoms with Crippen molar-refractivity contribution in [2.75, 3.05) is 44.9 Å². The minimum absolute atomic E-state index is 0.451. The first kappa shape index (κ1) is 46.2. The van der Waals surface area contributed by atoms with Gasteiger partial charge in [0.1, 0.15) is 0 Å². The number of nitrogens with zero attached hydrogens (tertiary/aromatic N) is 4. The van der Waals surface area contributed by atoms with Crippen molar-refractivity contribution in [3.05, 3.63) is 117 Å². The molecule has 7 heteroatoms. The summed E-state index contributed by atoms with van der Waals surface area (Å²) in [5.74, 6) is 2.23. The molecule has 0 amide bonds. The summed E-state index contributed by atoms with van der Waals surface area (Å²) in [6, 6.07) is 28.9. The predicted molar refractivity (Wildman–Crippen MR) is 267 cm³/mol. The predicted octanol–water partition coefficient (Wildman–Crippen LogP) is 16.2. The zero-order valence-corrected chi connectivity index (χ0v) is 43.6. The maximum atomic E-state index is 3.02. The van der Waals surface area contributed by atoms with E-state index in [0.29, 0.717) is 47.3 Å². The zero-order valence-electron chi connectivity index (χ0n) is 39.5. The van der Waals surface area contributed by atoms with Gasteiger partial charge in [-0.05, 0) is 0 Å². The second kappa shape index (κ2) is 19.4. The standard InChI is InChI=1S/C52H76N4P2Te/c1-33(2)41-21-17-22-42(34(3)4)49(41)53-29-30-54(50-43(35(5)6)23-18-24-44(50)36(7)8)57(53)59-58-55(51-45(37(9)10)25-19-26-46(51)38(11)12)31-32-56(58)52-47(39(13)14)27-20-28-48(52)40(15)16/h17-28,33-40H,29-32H2,1-16H3. The van der Waals surface area contributed by atoms with E-state index in [1.807, 2.05) is 0 Å². The summed E-state index contributed by atoms with van der Waals surface area (Å²) in [6.07, 6.45) is 0. The molecule has 320 valence electrons. The van der Waals surface area contributed by atoms with E-state index < -0.39 is 31.7 Å². The summed E-state index contributed by atoms with van der Waals surface area (Å²) in [5.41, 5.74) is 18.4. The molecule has 0 aromatic heterocycles. The number of hydrogen-bond donors (Lipinski definition) is 0. The molecule has 0 N–H and O–H groups in total. The molecule has 0 atom stereocenters. The third-order valence-corrected chi connectivity index (χ3v) is 31.1. The van der Waals surface area contributed by atoms with Crippen LogP contribution < -0.4 is 18.7 Å². The Labute approximate surface area is 372 Å². The Balaban J connectivity index is 1.67. The molecule has 0 unspecified atom stereocenters. The van der Waals surface area contributed by atoms with Crippen molar-refractivity contribution in [3.63, 3.8) is 0 Å². The van der Waals surface area contributed by atoms with Gasteiger partial charge in [-0.25, -0.2) is 0 Å². The van der Waals surface area contributed by atoms with Crippen LogP contribution in [0.5, 0.6) is 0 Å². The molecule has 6 rings (SSSR count). The maximum absolute atomic E-state index is 3.02. The van der Waals surface area contributed by atoms with Crippen LogP contribution in [0.15, 0.2) is 72.8 Å². The molecular formula is C52H76N4P2Te. The van der Waals surface area contributed by atoms with Gasteiger partial charge in [0.2, 0.25) is 0 Å². The van der Waals surface area contributed by atoms with Crippen molar-refractivity contribution < 1.29 is 0 Å². The van der Waals surface area contributed by atoms with Gasteiger partial charge >= 0.3 is 375 Å². The molecule has 2 aliphatic heterocycles. The van der Waals surface area contributed by atoms with Crippen molar-refractivity contribution in [3.8, 4) is 0 Å².